The number of halogens is 1. The van der Waals surface area contributed by atoms with Gasteiger partial charge in [0.2, 0.25) is 0 Å². The van der Waals surface area contributed by atoms with Gasteiger partial charge in [-0.2, -0.15) is 10.4 Å². The van der Waals surface area contributed by atoms with E-state index < -0.39 is 5.82 Å². The van der Waals surface area contributed by atoms with E-state index in [-0.39, 0.29) is 5.78 Å². The van der Waals surface area contributed by atoms with Crippen molar-refractivity contribution in [2.24, 2.45) is 0 Å². The van der Waals surface area contributed by atoms with Gasteiger partial charge in [0.05, 0.1) is 11.4 Å². The van der Waals surface area contributed by atoms with Crippen molar-refractivity contribution in [3.05, 3.63) is 46.4 Å². The molecule has 3 rings (SSSR count). The van der Waals surface area contributed by atoms with E-state index in [1.54, 1.807) is 12.1 Å². The number of rotatable bonds is 3. The van der Waals surface area contributed by atoms with Crippen LogP contribution in [-0.4, -0.2) is 42.2 Å². The Balaban J connectivity index is 1.77. The molecule has 0 radical (unpaired) electrons. The molecule has 6 nitrogen and oxygen atoms in total. The molecular formula is C19H20FN5O. The van der Waals surface area contributed by atoms with E-state index >= 15 is 0 Å². The first-order valence-electron chi connectivity index (χ1n) is 8.46. The van der Waals surface area contributed by atoms with Gasteiger partial charge >= 0.3 is 0 Å². The lowest BCUT2D eigenvalue weighted by atomic mass is 10.1. The molecule has 1 saturated heterocycles. The molecule has 0 atom stereocenters. The zero-order valence-corrected chi connectivity index (χ0v) is 15.1. The summed E-state index contributed by atoms with van der Waals surface area (Å²) in [5, 5.41) is 17.8. The highest BCUT2D eigenvalue weighted by atomic mass is 19.1. The van der Waals surface area contributed by atoms with E-state index in [1.165, 1.54) is 13.0 Å². The molecule has 1 aromatic heterocycles. The molecule has 0 saturated carbocycles. The zero-order chi connectivity index (χ0) is 18.8. The van der Waals surface area contributed by atoms with E-state index in [1.807, 2.05) is 23.6 Å². The quantitative estimate of drug-likeness (QED) is 0.790. The number of anilines is 2. The second kappa shape index (κ2) is 7.08. The van der Waals surface area contributed by atoms with E-state index in [0.717, 1.165) is 11.3 Å². The Labute approximate surface area is 151 Å². The maximum absolute atomic E-state index is 14.4. The summed E-state index contributed by atoms with van der Waals surface area (Å²) in [5.74, 6) is 0.0371. The third-order valence-corrected chi connectivity index (χ3v) is 4.82. The van der Waals surface area contributed by atoms with Crippen molar-refractivity contribution in [1.29, 1.82) is 5.26 Å². The summed E-state index contributed by atoms with van der Waals surface area (Å²) in [6.07, 6.45) is 0. The maximum Gasteiger partial charge on any atom is 0.169 e. The molecular weight excluding hydrogens is 333 g/mol. The van der Waals surface area contributed by atoms with E-state index in [0.29, 0.717) is 48.8 Å². The number of ketones is 1. The molecule has 0 bridgehead atoms. The molecule has 1 aliphatic heterocycles. The van der Waals surface area contributed by atoms with Crippen molar-refractivity contribution in [2.45, 2.75) is 20.8 Å². The summed E-state index contributed by atoms with van der Waals surface area (Å²) in [5.41, 5.74) is 2.99. The second-order valence-corrected chi connectivity index (χ2v) is 6.42. The zero-order valence-electron chi connectivity index (χ0n) is 15.1. The summed E-state index contributed by atoms with van der Waals surface area (Å²) in [6, 6.07) is 6.81. The first kappa shape index (κ1) is 17.8. The highest BCUT2D eigenvalue weighted by molar-refractivity contribution is 5.94. The Morgan fingerprint density at radius 1 is 1.15 bits per heavy atom. The van der Waals surface area contributed by atoms with Gasteiger partial charge in [0.15, 0.2) is 11.6 Å². The molecule has 26 heavy (non-hydrogen) atoms. The summed E-state index contributed by atoms with van der Waals surface area (Å²) in [7, 11) is 0. The predicted octanol–water partition coefficient (Wildman–Crippen LogP) is 2.63. The van der Waals surface area contributed by atoms with Crippen LogP contribution in [0.5, 0.6) is 0 Å². The van der Waals surface area contributed by atoms with Crippen LogP contribution in [0.2, 0.25) is 0 Å². The molecule has 0 unspecified atom stereocenters. The van der Waals surface area contributed by atoms with Gasteiger partial charge in [0.25, 0.3) is 0 Å². The molecule has 134 valence electrons. The van der Waals surface area contributed by atoms with Crippen LogP contribution in [0.1, 0.15) is 34.1 Å². The Kier molecular flexibility index (Phi) is 4.85. The lowest BCUT2D eigenvalue weighted by molar-refractivity contribution is 0.101. The largest absolute Gasteiger partial charge is 0.366 e. The fourth-order valence-corrected chi connectivity index (χ4v) is 3.09. The van der Waals surface area contributed by atoms with Crippen LogP contribution in [0.3, 0.4) is 0 Å². The SMILES string of the molecule is CC(=O)c1ccc(N2CCN(c3nnc(C)c(C)c3C#N)CC2)c(F)c1. The number of aryl methyl sites for hydroxylation is 1. The van der Waals surface area contributed by atoms with Gasteiger partial charge in [-0.3, -0.25) is 4.79 Å². The lowest BCUT2D eigenvalue weighted by Gasteiger charge is -2.37. The van der Waals surface area contributed by atoms with Crippen LogP contribution in [0.15, 0.2) is 18.2 Å². The minimum absolute atomic E-state index is 0.155. The molecule has 1 aliphatic rings. The molecule has 0 N–H and O–H groups in total. The van der Waals surface area contributed by atoms with E-state index in [9.17, 15) is 14.4 Å². The van der Waals surface area contributed by atoms with Gasteiger partial charge < -0.3 is 9.80 Å². The number of carbonyl (C=O) groups excluding carboxylic acids is 1. The van der Waals surface area contributed by atoms with Crippen LogP contribution in [0.4, 0.5) is 15.9 Å². The van der Waals surface area contributed by atoms with Gasteiger partial charge in [0, 0.05) is 31.7 Å². The topological polar surface area (TPSA) is 73.1 Å². The van der Waals surface area contributed by atoms with Gasteiger partial charge in [-0.05, 0) is 44.5 Å². The van der Waals surface area contributed by atoms with Crippen molar-refractivity contribution in [3.63, 3.8) is 0 Å². The number of piperazine rings is 1. The summed E-state index contributed by atoms with van der Waals surface area (Å²) < 4.78 is 14.4. The number of nitriles is 1. The fourth-order valence-electron chi connectivity index (χ4n) is 3.09. The Bertz CT molecular complexity index is 898. The molecule has 0 aliphatic carbocycles. The predicted molar refractivity (Wildman–Crippen MR) is 97.1 cm³/mol. The molecule has 1 aromatic carbocycles. The van der Waals surface area contributed by atoms with Gasteiger partial charge in [-0.1, -0.05) is 0 Å². The number of Topliss-reactive ketones (excluding diaryl/α,β-unsaturated/α-hetero) is 1. The molecule has 2 heterocycles. The van der Waals surface area contributed by atoms with Crippen molar-refractivity contribution in [1.82, 2.24) is 10.2 Å². The molecule has 0 amide bonds. The smallest absolute Gasteiger partial charge is 0.169 e. The fraction of sp³-hybridized carbons (Fsp3) is 0.368. The number of nitrogens with zero attached hydrogens (tertiary/aromatic N) is 5. The van der Waals surface area contributed by atoms with E-state index in [2.05, 4.69) is 16.3 Å². The summed E-state index contributed by atoms with van der Waals surface area (Å²) in [4.78, 5) is 15.3. The second-order valence-electron chi connectivity index (χ2n) is 6.42. The normalized spacial score (nSPS) is 14.3. The average Bonchev–Trinajstić information content (AvgIpc) is 2.64. The molecule has 2 aromatic rings. The Hall–Kier alpha value is -3.01. The van der Waals surface area contributed by atoms with Crippen molar-refractivity contribution >= 4 is 17.3 Å². The minimum atomic E-state index is -0.394. The van der Waals surface area contributed by atoms with Crippen LogP contribution >= 0.6 is 0 Å². The maximum atomic E-state index is 14.4. The van der Waals surface area contributed by atoms with Gasteiger partial charge in [-0.25, -0.2) is 4.39 Å². The highest BCUT2D eigenvalue weighted by Gasteiger charge is 2.24. The highest BCUT2D eigenvalue weighted by Crippen LogP contribution is 2.26. The number of carbonyl (C=O) groups is 1. The van der Waals surface area contributed by atoms with Crippen molar-refractivity contribution < 1.29 is 9.18 Å². The first-order valence-corrected chi connectivity index (χ1v) is 8.46. The number of benzene rings is 1. The number of hydrogen-bond acceptors (Lipinski definition) is 6. The third-order valence-electron chi connectivity index (χ3n) is 4.82. The van der Waals surface area contributed by atoms with Crippen LogP contribution in [-0.2, 0) is 0 Å². The molecule has 1 fully saturated rings. The van der Waals surface area contributed by atoms with Crippen LogP contribution in [0.25, 0.3) is 0 Å². The van der Waals surface area contributed by atoms with Crippen molar-refractivity contribution in [3.8, 4) is 6.07 Å². The summed E-state index contributed by atoms with van der Waals surface area (Å²) >= 11 is 0. The molecule has 7 heteroatoms. The number of hydrogen-bond donors (Lipinski definition) is 0. The van der Waals surface area contributed by atoms with Gasteiger partial charge in [-0.15, -0.1) is 5.10 Å². The van der Waals surface area contributed by atoms with Gasteiger partial charge in [0.1, 0.15) is 17.4 Å². The molecule has 0 spiro atoms. The first-order chi connectivity index (χ1) is 12.4. The number of aromatic nitrogens is 2. The van der Waals surface area contributed by atoms with Crippen molar-refractivity contribution in [2.75, 3.05) is 36.0 Å². The minimum Gasteiger partial charge on any atom is -0.366 e. The van der Waals surface area contributed by atoms with Crippen LogP contribution in [0, 0.1) is 31.0 Å². The monoisotopic (exact) mass is 353 g/mol. The van der Waals surface area contributed by atoms with Crippen LogP contribution < -0.4 is 9.80 Å². The lowest BCUT2D eigenvalue weighted by Crippen LogP contribution is -2.47. The van der Waals surface area contributed by atoms with E-state index in [4.69, 9.17) is 0 Å². The third kappa shape index (κ3) is 3.23. The Morgan fingerprint density at radius 2 is 1.81 bits per heavy atom. The summed E-state index contributed by atoms with van der Waals surface area (Å²) in [6.45, 7) is 7.53. The Morgan fingerprint density at radius 3 is 2.38 bits per heavy atom. The average molecular weight is 353 g/mol. The standard InChI is InChI=1S/C19H20FN5O/c1-12-13(2)22-23-19(16(12)11-21)25-8-6-24(7-9-25)18-5-4-15(14(3)26)10-17(18)20/h4-5,10H,6-9H2,1-3H3.